The molecule has 4 rings (SSSR count). The molecule has 2 aromatic carbocycles. The standard InChI is InChI=1S/C28H29ClFN3O2S/c1-17-14-22(12-13-23(17)29)25-16-36-28(32-25)33(26-7-5-4-6-24(26)30)15-20-8-10-21(11-9-20)18(2)31-19(3)27(34)35/h4-10,12-14,16,18-19,21,31H,11,15H2,1-3H3,(H,34,35). The van der Waals surface area contributed by atoms with E-state index in [0.717, 1.165) is 28.8 Å². The molecule has 0 radical (unpaired) electrons. The summed E-state index contributed by atoms with van der Waals surface area (Å²) < 4.78 is 14.9. The molecule has 36 heavy (non-hydrogen) atoms. The van der Waals surface area contributed by atoms with Crippen molar-refractivity contribution >= 4 is 39.7 Å². The summed E-state index contributed by atoms with van der Waals surface area (Å²) >= 11 is 7.66. The lowest BCUT2D eigenvalue weighted by Gasteiger charge is -2.28. The Morgan fingerprint density at radius 3 is 2.75 bits per heavy atom. The van der Waals surface area contributed by atoms with Crippen molar-refractivity contribution in [1.29, 1.82) is 0 Å². The fourth-order valence-corrected chi connectivity index (χ4v) is 5.16. The number of para-hydroxylation sites is 1. The van der Waals surface area contributed by atoms with Gasteiger partial charge in [0.25, 0.3) is 0 Å². The van der Waals surface area contributed by atoms with Crippen molar-refractivity contribution in [3.63, 3.8) is 0 Å². The minimum Gasteiger partial charge on any atom is -0.480 e. The number of aliphatic carboxylic acids is 1. The van der Waals surface area contributed by atoms with Crippen molar-refractivity contribution in [2.75, 3.05) is 11.4 Å². The molecule has 3 atom stereocenters. The second-order valence-corrected chi connectivity index (χ2v) is 10.3. The predicted octanol–water partition coefficient (Wildman–Crippen LogP) is 7.00. The molecule has 2 N–H and O–H groups in total. The number of hydrogen-bond donors (Lipinski definition) is 2. The van der Waals surface area contributed by atoms with Gasteiger partial charge in [-0.3, -0.25) is 4.79 Å². The van der Waals surface area contributed by atoms with E-state index in [0.29, 0.717) is 22.4 Å². The second-order valence-electron chi connectivity index (χ2n) is 9.07. The largest absolute Gasteiger partial charge is 0.480 e. The maximum Gasteiger partial charge on any atom is 0.320 e. The van der Waals surface area contributed by atoms with Gasteiger partial charge < -0.3 is 15.3 Å². The van der Waals surface area contributed by atoms with Crippen LogP contribution in [-0.2, 0) is 4.79 Å². The van der Waals surface area contributed by atoms with Crippen molar-refractivity contribution in [2.24, 2.45) is 5.92 Å². The fraction of sp³-hybridized carbons (Fsp3) is 0.286. The van der Waals surface area contributed by atoms with Gasteiger partial charge in [-0.25, -0.2) is 9.37 Å². The third-order valence-electron chi connectivity index (χ3n) is 6.40. The first-order chi connectivity index (χ1) is 17.2. The van der Waals surface area contributed by atoms with Crippen LogP contribution in [0.4, 0.5) is 15.2 Å². The molecule has 1 aliphatic rings. The first-order valence-electron chi connectivity index (χ1n) is 11.8. The van der Waals surface area contributed by atoms with Crippen LogP contribution in [0.3, 0.4) is 0 Å². The molecule has 5 nitrogen and oxygen atoms in total. The van der Waals surface area contributed by atoms with Crippen LogP contribution in [0.15, 0.2) is 71.6 Å². The third-order valence-corrected chi connectivity index (χ3v) is 7.68. The number of hydrogen-bond acceptors (Lipinski definition) is 5. The maximum absolute atomic E-state index is 14.9. The molecule has 3 aromatic rings. The first-order valence-corrected chi connectivity index (χ1v) is 13.1. The Morgan fingerprint density at radius 1 is 1.31 bits per heavy atom. The topological polar surface area (TPSA) is 65.5 Å². The Labute approximate surface area is 219 Å². The Morgan fingerprint density at radius 2 is 2.08 bits per heavy atom. The molecule has 1 aliphatic carbocycles. The van der Waals surface area contributed by atoms with Crippen LogP contribution in [0.1, 0.15) is 25.8 Å². The van der Waals surface area contributed by atoms with E-state index in [2.05, 4.69) is 17.5 Å². The number of benzene rings is 2. The molecule has 0 amide bonds. The minimum atomic E-state index is -0.866. The number of allylic oxidation sites excluding steroid dienone is 1. The number of carbonyl (C=O) groups is 1. The van der Waals surface area contributed by atoms with Gasteiger partial charge in [0.2, 0.25) is 0 Å². The smallest absolute Gasteiger partial charge is 0.320 e. The van der Waals surface area contributed by atoms with Crippen molar-refractivity contribution in [3.8, 4) is 11.3 Å². The van der Waals surface area contributed by atoms with E-state index in [1.807, 2.05) is 54.5 Å². The van der Waals surface area contributed by atoms with Crippen molar-refractivity contribution < 1.29 is 14.3 Å². The average molecular weight is 526 g/mol. The monoisotopic (exact) mass is 525 g/mol. The lowest BCUT2D eigenvalue weighted by Crippen LogP contribution is -2.43. The van der Waals surface area contributed by atoms with Crippen molar-refractivity contribution in [2.45, 2.75) is 39.3 Å². The summed E-state index contributed by atoms with van der Waals surface area (Å²) in [7, 11) is 0. The highest BCUT2D eigenvalue weighted by Crippen LogP contribution is 2.35. The molecule has 1 heterocycles. The van der Waals surface area contributed by atoms with Crippen LogP contribution in [0.5, 0.6) is 0 Å². The Kier molecular flexibility index (Phi) is 8.24. The van der Waals surface area contributed by atoms with Gasteiger partial charge in [0.15, 0.2) is 5.13 Å². The van der Waals surface area contributed by atoms with Gasteiger partial charge >= 0.3 is 5.97 Å². The summed E-state index contributed by atoms with van der Waals surface area (Å²) in [6.07, 6.45) is 7.05. The lowest BCUT2D eigenvalue weighted by molar-refractivity contribution is -0.139. The van der Waals surface area contributed by atoms with E-state index in [-0.39, 0.29) is 17.8 Å². The van der Waals surface area contributed by atoms with Crippen LogP contribution in [0.2, 0.25) is 5.02 Å². The lowest BCUT2D eigenvalue weighted by atomic mass is 9.90. The number of carboxylic acids is 1. The van der Waals surface area contributed by atoms with Crippen molar-refractivity contribution in [1.82, 2.24) is 10.3 Å². The molecular formula is C28H29ClFN3O2S. The number of nitrogens with one attached hydrogen (secondary N) is 1. The van der Waals surface area contributed by atoms with Gasteiger partial charge in [-0.15, -0.1) is 11.3 Å². The Balaban J connectivity index is 1.56. The van der Waals surface area contributed by atoms with Crippen LogP contribution in [-0.4, -0.2) is 34.7 Å². The summed E-state index contributed by atoms with van der Waals surface area (Å²) in [5, 5.41) is 15.7. The number of aryl methyl sites for hydroxylation is 1. The highest BCUT2D eigenvalue weighted by atomic mass is 35.5. The second kappa shape index (κ2) is 11.4. The zero-order valence-corrected chi connectivity index (χ0v) is 22.0. The van der Waals surface area contributed by atoms with Gasteiger partial charge in [0, 0.05) is 22.0 Å². The third kappa shape index (κ3) is 6.03. The summed E-state index contributed by atoms with van der Waals surface area (Å²) in [6, 6.07) is 11.9. The van der Waals surface area contributed by atoms with E-state index < -0.39 is 12.0 Å². The molecule has 0 aliphatic heterocycles. The molecule has 0 saturated heterocycles. The molecule has 3 unspecified atom stereocenters. The molecule has 8 heteroatoms. The highest BCUT2D eigenvalue weighted by molar-refractivity contribution is 7.14. The van der Waals surface area contributed by atoms with E-state index in [1.165, 1.54) is 17.4 Å². The van der Waals surface area contributed by atoms with Crippen LogP contribution < -0.4 is 10.2 Å². The van der Waals surface area contributed by atoms with E-state index >= 15 is 0 Å². The van der Waals surface area contributed by atoms with Gasteiger partial charge in [-0.05, 0) is 68.5 Å². The number of carboxylic acid groups (broad SMARTS) is 1. The maximum atomic E-state index is 14.9. The number of anilines is 2. The molecule has 0 fully saturated rings. The Hall–Kier alpha value is -3.00. The summed E-state index contributed by atoms with van der Waals surface area (Å²) in [4.78, 5) is 17.9. The summed E-state index contributed by atoms with van der Waals surface area (Å²) in [6.45, 7) is 6.06. The van der Waals surface area contributed by atoms with Crippen LogP contribution >= 0.6 is 22.9 Å². The molecule has 0 saturated carbocycles. The van der Waals surface area contributed by atoms with Crippen LogP contribution in [0, 0.1) is 18.7 Å². The van der Waals surface area contributed by atoms with E-state index in [9.17, 15) is 14.3 Å². The number of rotatable bonds is 9. The van der Waals surface area contributed by atoms with Gasteiger partial charge in [0.05, 0.1) is 17.9 Å². The average Bonchev–Trinajstić information content (AvgIpc) is 3.35. The normalized spacial score (nSPS) is 16.9. The first kappa shape index (κ1) is 26.1. The molecule has 0 spiro atoms. The molecule has 1 aromatic heterocycles. The predicted molar refractivity (Wildman–Crippen MR) is 146 cm³/mol. The molecule has 0 bridgehead atoms. The molecular weight excluding hydrogens is 497 g/mol. The number of thiazole rings is 1. The van der Waals surface area contributed by atoms with Crippen LogP contribution in [0.25, 0.3) is 11.3 Å². The summed E-state index contributed by atoms with van der Waals surface area (Å²) in [5.41, 5.74) is 4.27. The fourth-order valence-electron chi connectivity index (χ4n) is 4.19. The van der Waals surface area contributed by atoms with Gasteiger partial charge in [-0.2, -0.15) is 0 Å². The number of nitrogens with zero attached hydrogens (tertiary/aromatic N) is 2. The van der Waals surface area contributed by atoms with Gasteiger partial charge in [0.1, 0.15) is 11.9 Å². The van der Waals surface area contributed by atoms with E-state index in [1.54, 1.807) is 19.1 Å². The number of halogens is 2. The van der Waals surface area contributed by atoms with E-state index in [4.69, 9.17) is 16.6 Å². The SMILES string of the molecule is Cc1cc(-c2csc(N(CC3=CCC(C(C)NC(C)C(=O)O)C=C3)c3ccccc3F)n2)ccc1Cl. The zero-order valence-electron chi connectivity index (χ0n) is 20.4. The summed E-state index contributed by atoms with van der Waals surface area (Å²) in [5.74, 6) is -0.998. The Bertz CT molecular complexity index is 1310. The van der Waals surface area contributed by atoms with Gasteiger partial charge in [-0.1, -0.05) is 48.0 Å². The highest BCUT2D eigenvalue weighted by Gasteiger charge is 2.23. The van der Waals surface area contributed by atoms with Crippen molar-refractivity contribution in [3.05, 3.63) is 88.0 Å². The molecule has 188 valence electrons. The number of aromatic nitrogens is 1. The zero-order chi connectivity index (χ0) is 25.8. The minimum absolute atomic E-state index is 0.0113. The quantitative estimate of drug-likeness (QED) is 0.315.